The molecule has 2 N–H and O–H groups in total. The molecule has 5 rings (SSSR count). The number of aliphatic hydroxyl groups is 1. The second-order valence-electron chi connectivity index (χ2n) is 13.2. The summed E-state index contributed by atoms with van der Waals surface area (Å²) < 4.78 is 0. The van der Waals surface area contributed by atoms with Gasteiger partial charge in [-0.25, -0.2) is 0 Å². The number of hydrogen-bond acceptors (Lipinski definition) is 2. The molecule has 178 valence electrons. The van der Waals surface area contributed by atoms with E-state index in [0.29, 0.717) is 23.7 Å². The number of carboxylic acids is 1. The van der Waals surface area contributed by atoms with Crippen LogP contribution in [-0.4, -0.2) is 22.3 Å². The van der Waals surface area contributed by atoms with E-state index in [9.17, 15) is 15.0 Å². The second-order valence-corrected chi connectivity index (χ2v) is 13.2. The SMILES string of the molecule is C=C1[C@@H](O)CC[C@]2(C)[C@H]3CC=C4[C@@H]5[C@@H](C)[C@H](C)CC[C@]5(C(=O)O)CC[C@@]4(C)[C@]3(C)CC[C@@H]12. The summed E-state index contributed by atoms with van der Waals surface area (Å²) in [5.74, 6) is 1.61. The van der Waals surface area contributed by atoms with Gasteiger partial charge in [0.2, 0.25) is 0 Å². The monoisotopic (exact) mass is 440 g/mol. The Kier molecular flexibility index (Phi) is 4.94. The Morgan fingerprint density at radius 3 is 2.44 bits per heavy atom. The van der Waals surface area contributed by atoms with Crippen LogP contribution in [0.1, 0.15) is 92.4 Å². The van der Waals surface area contributed by atoms with Crippen LogP contribution in [0, 0.1) is 51.2 Å². The Morgan fingerprint density at radius 2 is 1.75 bits per heavy atom. The topological polar surface area (TPSA) is 57.5 Å². The van der Waals surface area contributed by atoms with Gasteiger partial charge in [-0.15, -0.1) is 0 Å². The number of carbonyl (C=O) groups is 1. The fraction of sp³-hybridized carbons (Fsp3) is 0.828. The average molecular weight is 441 g/mol. The standard InChI is InChI=1S/C29H44O3/c1-17-9-14-29(25(31)32)16-15-27(5)21(24(29)18(17)2)7-8-23-26(4)12-11-22(30)19(3)20(26)10-13-28(23,27)6/h7,17-18,20,22-24,30H,3,8-16H2,1-2,4-6H3,(H,31,32)/t17-,18+,20+,22+,23-,24+,26+,27-,28-,29+/m1/s1. The number of hydrogen-bond donors (Lipinski definition) is 2. The van der Waals surface area contributed by atoms with Crippen molar-refractivity contribution in [2.24, 2.45) is 51.2 Å². The molecule has 0 aromatic heterocycles. The van der Waals surface area contributed by atoms with E-state index >= 15 is 0 Å². The van der Waals surface area contributed by atoms with Crippen LogP contribution in [0.3, 0.4) is 0 Å². The van der Waals surface area contributed by atoms with Crippen molar-refractivity contribution in [2.75, 3.05) is 0 Å². The van der Waals surface area contributed by atoms with E-state index in [4.69, 9.17) is 0 Å². The molecule has 0 aromatic rings. The Balaban J connectivity index is 1.61. The summed E-state index contributed by atoms with van der Waals surface area (Å²) in [5.41, 5.74) is 2.43. The molecule has 0 aliphatic heterocycles. The van der Waals surface area contributed by atoms with Crippen molar-refractivity contribution in [3.8, 4) is 0 Å². The Hall–Kier alpha value is -1.09. The highest BCUT2D eigenvalue weighted by Crippen LogP contribution is 2.74. The third-order valence-corrected chi connectivity index (χ3v) is 12.5. The van der Waals surface area contributed by atoms with E-state index in [0.717, 1.165) is 63.4 Å². The fourth-order valence-electron chi connectivity index (χ4n) is 10.0. The minimum absolute atomic E-state index is 0.0657. The Bertz CT molecular complexity index is 874. The van der Waals surface area contributed by atoms with Gasteiger partial charge >= 0.3 is 5.97 Å². The molecule has 3 nitrogen and oxygen atoms in total. The van der Waals surface area contributed by atoms with Gasteiger partial charge in [0.1, 0.15) is 0 Å². The molecule has 0 spiro atoms. The lowest BCUT2D eigenvalue weighted by Gasteiger charge is -2.69. The molecule has 0 bridgehead atoms. The molecule has 0 heterocycles. The van der Waals surface area contributed by atoms with Gasteiger partial charge in [-0.3, -0.25) is 4.79 Å². The van der Waals surface area contributed by atoms with Crippen LogP contribution in [0.15, 0.2) is 23.8 Å². The molecule has 0 unspecified atom stereocenters. The first-order valence-electron chi connectivity index (χ1n) is 13.2. The van der Waals surface area contributed by atoms with Crippen molar-refractivity contribution in [3.63, 3.8) is 0 Å². The Morgan fingerprint density at radius 1 is 1.03 bits per heavy atom. The highest BCUT2D eigenvalue weighted by molar-refractivity contribution is 5.76. The molecule has 0 saturated heterocycles. The average Bonchev–Trinajstić information content (AvgIpc) is 2.74. The van der Waals surface area contributed by atoms with Crippen molar-refractivity contribution >= 4 is 5.97 Å². The fourth-order valence-corrected chi connectivity index (χ4v) is 10.0. The molecule has 32 heavy (non-hydrogen) atoms. The van der Waals surface area contributed by atoms with Gasteiger partial charge in [0, 0.05) is 0 Å². The number of aliphatic carboxylic acids is 1. The smallest absolute Gasteiger partial charge is 0.310 e. The van der Waals surface area contributed by atoms with Gasteiger partial charge in [0.05, 0.1) is 11.5 Å². The lowest BCUT2D eigenvalue weighted by atomic mass is 9.34. The highest BCUT2D eigenvalue weighted by atomic mass is 16.4. The van der Waals surface area contributed by atoms with Crippen molar-refractivity contribution in [2.45, 2.75) is 98.5 Å². The van der Waals surface area contributed by atoms with Crippen LogP contribution >= 0.6 is 0 Å². The van der Waals surface area contributed by atoms with E-state index < -0.39 is 11.4 Å². The minimum atomic E-state index is -0.565. The van der Waals surface area contributed by atoms with Crippen LogP contribution in [0.25, 0.3) is 0 Å². The highest BCUT2D eigenvalue weighted by Gasteiger charge is 2.68. The largest absolute Gasteiger partial charge is 0.481 e. The summed E-state index contributed by atoms with van der Waals surface area (Å²) >= 11 is 0. The van der Waals surface area contributed by atoms with Gasteiger partial charge in [-0.2, -0.15) is 0 Å². The summed E-state index contributed by atoms with van der Waals surface area (Å²) in [4.78, 5) is 12.7. The molecule has 5 aliphatic rings. The van der Waals surface area contributed by atoms with Crippen molar-refractivity contribution in [1.29, 1.82) is 0 Å². The molecular weight excluding hydrogens is 396 g/mol. The van der Waals surface area contributed by atoms with Crippen LogP contribution in [0.4, 0.5) is 0 Å². The maximum Gasteiger partial charge on any atom is 0.310 e. The Labute approximate surface area is 194 Å². The van der Waals surface area contributed by atoms with E-state index in [2.05, 4.69) is 47.3 Å². The van der Waals surface area contributed by atoms with E-state index in [1.807, 2.05) is 0 Å². The molecule has 0 amide bonds. The van der Waals surface area contributed by atoms with Crippen molar-refractivity contribution in [1.82, 2.24) is 0 Å². The van der Waals surface area contributed by atoms with Gasteiger partial charge in [-0.1, -0.05) is 52.8 Å². The first-order chi connectivity index (χ1) is 14.9. The first kappa shape index (κ1) is 22.7. The summed E-state index contributed by atoms with van der Waals surface area (Å²) in [7, 11) is 0. The number of rotatable bonds is 1. The molecule has 10 atom stereocenters. The zero-order valence-electron chi connectivity index (χ0n) is 20.9. The number of carboxylic acid groups (broad SMARTS) is 1. The van der Waals surface area contributed by atoms with Gasteiger partial charge in [0.15, 0.2) is 0 Å². The number of fused-ring (bicyclic) bond motifs is 7. The number of allylic oxidation sites excluding steroid dienone is 2. The maximum atomic E-state index is 12.7. The lowest BCUT2D eigenvalue weighted by Crippen LogP contribution is -2.63. The summed E-state index contributed by atoms with van der Waals surface area (Å²) in [6.45, 7) is 16.5. The summed E-state index contributed by atoms with van der Waals surface area (Å²) in [5, 5.41) is 21.0. The quantitative estimate of drug-likeness (QED) is 0.451. The molecule has 4 fully saturated rings. The third-order valence-electron chi connectivity index (χ3n) is 12.5. The van der Waals surface area contributed by atoms with Gasteiger partial charge in [0.25, 0.3) is 0 Å². The van der Waals surface area contributed by atoms with Crippen LogP contribution < -0.4 is 0 Å². The minimum Gasteiger partial charge on any atom is -0.481 e. The predicted octanol–water partition coefficient (Wildman–Crippen LogP) is 6.62. The number of aliphatic hydroxyl groups excluding tert-OH is 1. The maximum absolute atomic E-state index is 12.7. The van der Waals surface area contributed by atoms with Crippen molar-refractivity contribution < 1.29 is 15.0 Å². The van der Waals surface area contributed by atoms with Crippen LogP contribution in [-0.2, 0) is 4.79 Å². The molecule has 0 radical (unpaired) electrons. The normalized spacial score (nSPS) is 55.1. The molecule has 4 saturated carbocycles. The van der Waals surface area contributed by atoms with E-state index in [-0.39, 0.29) is 28.3 Å². The third kappa shape index (κ3) is 2.55. The summed E-state index contributed by atoms with van der Waals surface area (Å²) in [6.07, 6.45) is 11.1. The van der Waals surface area contributed by atoms with Crippen LogP contribution in [0.5, 0.6) is 0 Å². The second kappa shape index (κ2) is 6.96. The zero-order valence-corrected chi connectivity index (χ0v) is 20.9. The van der Waals surface area contributed by atoms with E-state index in [1.165, 1.54) is 5.57 Å². The van der Waals surface area contributed by atoms with Gasteiger partial charge in [-0.05, 0) is 109 Å². The molecular formula is C29H44O3. The van der Waals surface area contributed by atoms with Crippen LogP contribution in [0.2, 0.25) is 0 Å². The zero-order chi connectivity index (χ0) is 23.3. The van der Waals surface area contributed by atoms with Crippen molar-refractivity contribution in [3.05, 3.63) is 23.8 Å². The molecule has 5 aliphatic carbocycles. The first-order valence-corrected chi connectivity index (χ1v) is 13.2. The predicted molar refractivity (Wildman–Crippen MR) is 128 cm³/mol. The lowest BCUT2D eigenvalue weighted by molar-refractivity contribution is -0.176. The summed E-state index contributed by atoms with van der Waals surface area (Å²) in [6, 6.07) is 0. The van der Waals surface area contributed by atoms with E-state index in [1.54, 1.807) is 0 Å². The van der Waals surface area contributed by atoms with Gasteiger partial charge < -0.3 is 10.2 Å². The molecule has 0 aromatic carbocycles. The molecule has 3 heteroatoms.